The van der Waals surface area contributed by atoms with Gasteiger partial charge in [0.05, 0.1) is 5.56 Å². The summed E-state index contributed by atoms with van der Waals surface area (Å²) in [5.41, 5.74) is 7.78. The number of ether oxygens (including phenoxy) is 1. The maximum absolute atomic E-state index is 13.3. The SMILES string of the molecule is [N-]=[N+]=NCCC#Cc1cc(OC(F)(F)F)ccc1F. The van der Waals surface area contributed by atoms with Crippen molar-refractivity contribution in [2.24, 2.45) is 5.11 Å². The van der Waals surface area contributed by atoms with E-state index in [1.165, 1.54) is 0 Å². The molecule has 4 nitrogen and oxygen atoms in total. The largest absolute Gasteiger partial charge is 0.573 e. The molecular formula is C11H7F4N3O. The van der Waals surface area contributed by atoms with Gasteiger partial charge in [0.1, 0.15) is 11.6 Å². The number of hydrogen-bond acceptors (Lipinski definition) is 2. The molecule has 0 saturated heterocycles. The summed E-state index contributed by atoms with van der Waals surface area (Å²) in [4.78, 5) is 2.49. The molecule has 0 bridgehead atoms. The highest BCUT2D eigenvalue weighted by atomic mass is 19.4. The molecule has 0 amide bonds. The van der Waals surface area contributed by atoms with E-state index in [0.717, 1.165) is 18.2 Å². The molecule has 0 N–H and O–H groups in total. The summed E-state index contributed by atoms with van der Waals surface area (Å²) in [5.74, 6) is 3.51. The molecule has 0 saturated carbocycles. The summed E-state index contributed by atoms with van der Waals surface area (Å²) < 4.78 is 52.8. The first-order valence-corrected chi connectivity index (χ1v) is 4.97. The zero-order chi connectivity index (χ0) is 14.3. The summed E-state index contributed by atoms with van der Waals surface area (Å²) in [5, 5.41) is 3.20. The van der Waals surface area contributed by atoms with Crippen LogP contribution in [0.2, 0.25) is 0 Å². The van der Waals surface area contributed by atoms with E-state index in [0.29, 0.717) is 0 Å². The van der Waals surface area contributed by atoms with Crippen LogP contribution in [0.1, 0.15) is 12.0 Å². The maximum Gasteiger partial charge on any atom is 0.573 e. The molecule has 0 aliphatic rings. The predicted molar refractivity (Wildman–Crippen MR) is 58.6 cm³/mol. The Morgan fingerprint density at radius 2 is 2.11 bits per heavy atom. The molecule has 0 aromatic heterocycles. The number of hydrogen-bond donors (Lipinski definition) is 0. The minimum absolute atomic E-state index is 0.101. The van der Waals surface area contributed by atoms with E-state index >= 15 is 0 Å². The van der Waals surface area contributed by atoms with Crippen LogP contribution in [0.5, 0.6) is 5.75 Å². The highest BCUT2D eigenvalue weighted by molar-refractivity contribution is 5.41. The quantitative estimate of drug-likeness (QED) is 0.206. The van der Waals surface area contributed by atoms with Gasteiger partial charge in [-0.25, -0.2) is 4.39 Å². The summed E-state index contributed by atoms with van der Waals surface area (Å²) in [6.07, 6.45) is -4.67. The lowest BCUT2D eigenvalue weighted by molar-refractivity contribution is -0.274. The van der Waals surface area contributed by atoms with Crippen molar-refractivity contribution >= 4 is 0 Å². The van der Waals surface area contributed by atoms with Crippen molar-refractivity contribution in [3.05, 3.63) is 40.0 Å². The fourth-order valence-electron chi connectivity index (χ4n) is 1.11. The van der Waals surface area contributed by atoms with Gasteiger partial charge >= 0.3 is 6.36 Å². The number of azide groups is 1. The fourth-order valence-corrected chi connectivity index (χ4v) is 1.11. The van der Waals surface area contributed by atoms with Gasteiger partial charge in [-0.3, -0.25) is 0 Å². The predicted octanol–water partition coefficient (Wildman–Crippen LogP) is 3.78. The van der Waals surface area contributed by atoms with E-state index in [1.807, 2.05) is 0 Å². The van der Waals surface area contributed by atoms with Gasteiger partial charge in [-0.15, -0.1) is 13.2 Å². The molecular weight excluding hydrogens is 266 g/mol. The van der Waals surface area contributed by atoms with Crippen LogP contribution in [0.3, 0.4) is 0 Å². The van der Waals surface area contributed by atoms with Crippen LogP contribution < -0.4 is 4.74 Å². The topological polar surface area (TPSA) is 58.0 Å². The van der Waals surface area contributed by atoms with Crippen molar-refractivity contribution in [1.29, 1.82) is 0 Å². The van der Waals surface area contributed by atoms with Gasteiger partial charge in [-0.2, -0.15) is 0 Å². The third-order valence-electron chi connectivity index (χ3n) is 1.79. The maximum atomic E-state index is 13.3. The van der Waals surface area contributed by atoms with Crippen molar-refractivity contribution < 1.29 is 22.3 Å². The minimum atomic E-state index is -4.84. The molecule has 0 aliphatic carbocycles. The summed E-state index contributed by atoms with van der Waals surface area (Å²) in [6, 6.07) is 2.54. The van der Waals surface area contributed by atoms with Crippen LogP contribution in [-0.4, -0.2) is 12.9 Å². The van der Waals surface area contributed by atoms with Gasteiger partial charge in [0.2, 0.25) is 0 Å². The smallest absolute Gasteiger partial charge is 0.406 e. The standard InChI is InChI=1S/C11H7F4N3O/c12-10-5-4-9(19-11(13,14)15)7-8(10)3-1-2-6-17-18-16/h4-5,7H,2,6H2. The molecule has 0 heterocycles. The lowest BCUT2D eigenvalue weighted by Crippen LogP contribution is -2.17. The molecule has 0 fully saturated rings. The van der Waals surface area contributed by atoms with E-state index < -0.39 is 17.9 Å². The molecule has 8 heteroatoms. The first-order valence-electron chi connectivity index (χ1n) is 4.97. The number of nitrogens with zero attached hydrogens (tertiary/aromatic N) is 3. The highest BCUT2D eigenvalue weighted by Crippen LogP contribution is 2.24. The summed E-state index contributed by atoms with van der Waals surface area (Å²) in [7, 11) is 0. The average Bonchev–Trinajstić information content (AvgIpc) is 2.31. The van der Waals surface area contributed by atoms with E-state index in [9.17, 15) is 17.6 Å². The summed E-state index contributed by atoms with van der Waals surface area (Å²) >= 11 is 0. The first kappa shape index (κ1) is 14.7. The first-order chi connectivity index (χ1) is 8.92. The highest BCUT2D eigenvalue weighted by Gasteiger charge is 2.31. The Hall–Kier alpha value is -2.39. The van der Waals surface area contributed by atoms with Gasteiger partial charge in [0.25, 0.3) is 0 Å². The molecule has 1 aromatic carbocycles. The molecule has 19 heavy (non-hydrogen) atoms. The normalized spacial score (nSPS) is 10.1. The Balaban J connectivity index is 2.82. The van der Waals surface area contributed by atoms with Gasteiger partial charge in [0, 0.05) is 17.9 Å². The van der Waals surface area contributed by atoms with Gasteiger partial charge < -0.3 is 4.74 Å². The molecule has 0 aliphatic heterocycles. The zero-order valence-corrected chi connectivity index (χ0v) is 9.41. The Labute approximate surface area is 105 Å². The second kappa shape index (κ2) is 6.52. The number of rotatable bonds is 3. The van der Waals surface area contributed by atoms with Crippen LogP contribution in [0, 0.1) is 17.7 Å². The van der Waals surface area contributed by atoms with E-state index in [4.69, 9.17) is 5.53 Å². The minimum Gasteiger partial charge on any atom is -0.406 e. The number of halogens is 4. The van der Waals surface area contributed by atoms with Crippen molar-refractivity contribution in [2.75, 3.05) is 6.54 Å². The second-order valence-corrected chi connectivity index (χ2v) is 3.20. The van der Waals surface area contributed by atoms with Crippen molar-refractivity contribution in [3.8, 4) is 17.6 Å². The molecule has 0 radical (unpaired) electrons. The zero-order valence-electron chi connectivity index (χ0n) is 9.41. The third kappa shape index (κ3) is 5.66. The van der Waals surface area contributed by atoms with E-state index in [-0.39, 0.29) is 18.5 Å². The fraction of sp³-hybridized carbons (Fsp3) is 0.273. The number of alkyl halides is 3. The van der Waals surface area contributed by atoms with Crippen molar-refractivity contribution in [3.63, 3.8) is 0 Å². The Morgan fingerprint density at radius 3 is 2.74 bits per heavy atom. The number of benzene rings is 1. The van der Waals surface area contributed by atoms with Gasteiger partial charge in [-0.05, 0) is 23.7 Å². The monoisotopic (exact) mass is 273 g/mol. The van der Waals surface area contributed by atoms with Gasteiger partial charge in [0.15, 0.2) is 0 Å². The Kier molecular flexibility index (Phi) is 5.03. The molecule has 0 atom stereocenters. The average molecular weight is 273 g/mol. The van der Waals surface area contributed by atoms with Crippen molar-refractivity contribution in [1.82, 2.24) is 0 Å². The van der Waals surface area contributed by atoms with E-state index in [2.05, 4.69) is 26.6 Å². The van der Waals surface area contributed by atoms with Crippen LogP contribution >= 0.6 is 0 Å². The molecule has 0 unspecified atom stereocenters. The van der Waals surface area contributed by atoms with Crippen LogP contribution in [0.25, 0.3) is 10.4 Å². The lowest BCUT2D eigenvalue weighted by atomic mass is 10.2. The summed E-state index contributed by atoms with van der Waals surface area (Å²) in [6.45, 7) is 0.101. The van der Waals surface area contributed by atoms with Gasteiger partial charge in [-0.1, -0.05) is 17.0 Å². The molecule has 1 aromatic rings. The van der Waals surface area contributed by atoms with Crippen molar-refractivity contribution in [2.45, 2.75) is 12.8 Å². The second-order valence-electron chi connectivity index (χ2n) is 3.20. The molecule has 1 rings (SSSR count). The van der Waals surface area contributed by atoms with E-state index in [1.54, 1.807) is 0 Å². The molecule has 100 valence electrons. The Bertz CT molecular complexity index is 553. The Morgan fingerprint density at radius 1 is 1.37 bits per heavy atom. The lowest BCUT2D eigenvalue weighted by Gasteiger charge is -2.08. The third-order valence-corrected chi connectivity index (χ3v) is 1.79. The van der Waals surface area contributed by atoms with Crippen LogP contribution in [-0.2, 0) is 0 Å². The molecule has 0 spiro atoms. The van der Waals surface area contributed by atoms with Crippen LogP contribution in [0.15, 0.2) is 23.3 Å². The van der Waals surface area contributed by atoms with Crippen LogP contribution in [0.4, 0.5) is 17.6 Å².